The maximum atomic E-state index is 12.5. The fraction of sp³-hybridized carbons (Fsp3) is 0.750. The van der Waals surface area contributed by atoms with E-state index in [4.69, 9.17) is 0 Å². The Morgan fingerprint density at radius 2 is 2.28 bits per heavy atom. The Hall–Kier alpha value is -0.460. The van der Waals surface area contributed by atoms with Gasteiger partial charge in [-0.15, -0.1) is 11.3 Å². The topological polar surface area (TPSA) is 50.3 Å². The van der Waals surface area contributed by atoms with Crippen LogP contribution in [0.25, 0.3) is 0 Å². The smallest absolute Gasteiger partial charge is 0.232 e. The maximum absolute atomic E-state index is 12.5. The van der Waals surface area contributed by atoms with Crippen molar-refractivity contribution in [2.75, 3.05) is 13.1 Å². The molecule has 1 unspecified atom stereocenters. The van der Waals surface area contributed by atoms with Gasteiger partial charge in [0.15, 0.2) is 5.03 Å². The molecule has 2 heterocycles. The van der Waals surface area contributed by atoms with Gasteiger partial charge in [-0.3, -0.25) is 0 Å². The van der Waals surface area contributed by atoms with E-state index in [9.17, 15) is 8.42 Å². The van der Waals surface area contributed by atoms with Crippen LogP contribution in [0.2, 0.25) is 0 Å². The zero-order valence-electron chi connectivity index (χ0n) is 10.5. The molecular formula is C12H18N2O2S2. The van der Waals surface area contributed by atoms with Crippen LogP contribution in [0.3, 0.4) is 0 Å². The minimum Gasteiger partial charge on any atom is -0.232 e. The Bertz CT molecular complexity index is 520. The first-order valence-electron chi connectivity index (χ1n) is 6.43. The molecule has 0 radical (unpaired) electrons. The highest BCUT2D eigenvalue weighted by molar-refractivity contribution is 7.89. The summed E-state index contributed by atoms with van der Waals surface area (Å²) in [6.45, 7) is 3.60. The monoisotopic (exact) mass is 286 g/mol. The Morgan fingerprint density at radius 1 is 1.50 bits per heavy atom. The molecule has 0 amide bonds. The first-order valence-corrected chi connectivity index (χ1v) is 8.81. The molecule has 1 saturated carbocycles. The van der Waals surface area contributed by atoms with Crippen LogP contribution in [0.1, 0.15) is 32.6 Å². The van der Waals surface area contributed by atoms with Gasteiger partial charge in [0.25, 0.3) is 10.0 Å². The highest BCUT2D eigenvalue weighted by Crippen LogP contribution is 2.51. The Morgan fingerprint density at radius 3 is 2.83 bits per heavy atom. The van der Waals surface area contributed by atoms with Gasteiger partial charge in [-0.05, 0) is 30.6 Å². The maximum Gasteiger partial charge on any atom is 0.261 e. The summed E-state index contributed by atoms with van der Waals surface area (Å²) in [5.74, 6) is 0.646. The summed E-state index contributed by atoms with van der Waals surface area (Å²) in [7, 11) is -3.36. The average Bonchev–Trinajstić information content (AvgIpc) is 2.81. The zero-order valence-corrected chi connectivity index (χ0v) is 12.1. The summed E-state index contributed by atoms with van der Waals surface area (Å²) < 4.78 is 26.6. The first kappa shape index (κ1) is 12.6. The predicted octanol–water partition coefficient (Wildman–Crippen LogP) is 2.34. The molecule has 1 atom stereocenters. The van der Waals surface area contributed by atoms with E-state index in [2.05, 4.69) is 11.9 Å². The number of piperidine rings is 1. The van der Waals surface area contributed by atoms with Gasteiger partial charge in [-0.1, -0.05) is 13.3 Å². The normalized spacial score (nSPS) is 28.2. The van der Waals surface area contributed by atoms with E-state index >= 15 is 0 Å². The van der Waals surface area contributed by atoms with Crippen molar-refractivity contribution in [2.45, 2.75) is 37.6 Å². The molecule has 1 spiro atoms. The fourth-order valence-electron chi connectivity index (χ4n) is 3.18. The van der Waals surface area contributed by atoms with Crippen LogP contribution in [0.15, 0.2) is 15.9 Å². The number of nitrogens with zero attached hydrogens (tertiary/aromatic N) is 2. The number of thiazole rings is 1. The quantitative estimate of drug-likeness (QED) is 0.838. The summed E-state index contributed by atoms with van der Waals surface area (Å²) in [4.78, 5) is 3.96. The lowest BCUT2D eigenvalue weighted by molar-refractivity contribution is 0.000614. The lowest BCUT2D eigenvalue weighted by Gasteiger charge is -2.52. The van der Waals surface area contributed by atoms with Crippen LogP contribution in [0.5, 0.6) is 0 Å². The van der Waals surface area contributed by atoms with E-state index < -0.39 is 10.0 Å². The third-order valence-electron chi connectivity index (χ3n) is 4.71. The molecule has 100 valence electrons. The van der Waals surface area contributed by atoms with E-state index in [0.29, 0.717) is 19.0 Å². The molecule has 3 rings (SSSR count). The third kappa shape index (κ3) is 1.82. The fourth-order valence-corrected chi connectivity index (χ4v) is 5.53. The predicted molar refractivity (Wildman–Crippen MR) is 70.9 cm³/mol. The van der Waals surface area contributed by atoms with Crippen molar-refractivity contribution in [3.05, 3.63) is 10.9 Å². The van der Waals surface area contributed by atoms with E-state index in [1.165, 1.54) is 30.6 Å². The summed E-state index contributed by atoms with van der Waals surface area (Å²) in [5, 5.41) is 1.84. The van der Waals surface area contributed by atoms with Crippen LogP contribution >= 0.6 is 11.3 Å². The van der Waals surface area contributed by atoms with E-state index in [1.807, 2.05) is 0 Å². The highest BCUT2D eigenvalue weighted by Gasteiger charge is 2.48. The van der Waals surface area contributed by atoms with Crippen molar-refractivity contribution in [2.24, 2.45) is 11.3 Å². The second-order valence-corrected chi connectivity index (χ2v) is 8.17. The van der Waals surface area contributed by atoms with Crippen molar-refractivity contribution >= 4 is 21.4 Å². The molecule has 1 aromatic heterocycles. The molecule has 0 N–H and O–H groups in total. The summed E-state index contributed by atoms with van der Waals surface area (Å²) in [6.07, 6.45) is 4.58. The van der Waals surface area contributed by atoms with Crippen LogP contribution < -0.4 is 0 Å². The SMILES string of the molecule is CC1CCN(S(=O)(=O)c2cscn2)CC12CCC2. The van der Waals surface area contributed by atoms with Crippen molar-refractivity contribution in [3.63, 3.8) is 0 Å². The van der Waals surface area contributed by atoms with Crippen molar-refractivity contribution in [1.29, 1.82) is 0 Å². The van der Waals surface area contributed by atoms with Gasteiger partial charge in [0.05, 0.1) is 5.51 Å². The number of aromatic nitrogens is 1. The van der Waals surface area contributed by atoms with Crippen molar-refractivity contribution in [3.8, 4) is 0 Å². The molecule has 4 nitrogen and oxygen atoms in total. The molecule has 0 bridgehead atoms. The Balaban J connectivity index is 1.86. The Kier molecular flexibility index (Phi) is 2.99. The molecule has 2 aliphatic rings. The van der Waals surface area contributed by atoms with Crippen LogP contribution in [0, 0.1) is 11.3 Å². The van der Waals surface area contributed by atoms with Gasteiger partial charge in [-0.2, -0.15) is 4.31 Å². The van der Waals surface area contributed by atoms with E-state index in [-0.39, 0.29) is 10.4 Å². The molecule has 1 aromatic rings. The third-order valence-corrected chi connectivity index (χ3v) is 7.19. The summed E-state index contributed by atoms with van der Waals surface area (Å²) in [5.41, 5.74) is 1.83. The zero-order chi connectivity index (χ0) is 12.8. The summed E-state index contributed by atoms with van der Waals surface area (Å²) >= 11 is 1.33. The standard InChI is InChI=1S/C12H18N2O2S2/c1-10-3-6-14(8-12(10)4-2-5-12)18(15,16)11-7-17-9-13-11/h7,9-10H,2-6,8H2,1H3. The van der Waals surface area contributed by atoms with Crippen LogP contribution in [-0.2, 0) is 10.0 Å². The molecule has 1 aliphatic heterocycles. The lowest BCUT2D eigenvalue weighted by atomic mass is 9.59. The van der Waals surface area contributed by atoms with Gasteiger partial charge < -0.3 is 0 Å². The molecule has 1 aliphatic carbocycles. The molecule has 1 saturated heterocycles. The minimum atomic E-state index is -3.36. The molecule has 6 heteroatoms. The van der Waals surface area contributed by atoms with Crippen LogP contribution in [0.4, 0.5) is 0 Å². The van der Waals surface area contributed by atoms with Gasteiger partial charge in [0.1, 0.15) is 0 Å². The van der Waals surface area contributed by atoms with Gasteiger partial charge >= 0.3 is 0 Å². The molecule has 2 fully saturated rings. The van der Waals surface area contributed by atoms with Gasteiger partial charge in [0.2, 0.25) is 0 Å². The number of hydrogen-bond acceptors (Lipinski definition) is 4. The van der Waals surface area contributed by atoms with Crippen molar-refractivity contribution < 1.29 is 8.42 Å². The molecular weight excluding hydrogens is 268 g/mol. The number of hydrogen-bond donors (Lipinski definition) is 0. The highest BCUT2D eigenvalue weighted by atomic mass is 32.2. The molecule has 18 heavy (non-hydrogen) atoms. The van der Waals surface area contributed by atoms with E-state index in [1.54, 1.807) is 15.2 Å². The lowest BCUT2D eigenvalue weighted by Crippen LogP contribution is -2.53. The largest absolute Gasteiger partial charge is 0.261 e. The first-order chi connectivity index (χ1) is 8.55. The van der Waals surface area contributed by atoms with E-state index in [0.717, 1.165) is 6.42 Å². The number of sulfonamides is 1. The Labute approximate surface area is 112 Å². The number of rotatable bonds is 2. The second kappa shape index (κ2) is 4.28. The second-order valence-electron chi connectivity index (χ2n) is 5.57. The summed E-state index contributed by atoms with van der Waals surface area (Å²) in [6, 6.07) is 0. The van der Waals surface area contributed by atoms with Gasteiger partial charge in [0, 0.05) is 18.5 Å². The van der Waals surface area contributed by atoms with Crippen LogP contribution in [-0.4, -0.2) is 30.8 Å². The minimum absolute atomic E-state index is 0.219. The van der Waals surface area contributed by atoms with Crippen molar-refractivity contribution in [1.82, 2.24) is 9.29 Å². The van der Waals surface area contributed by atoms with Gasteiger partial charge in [-0.25, -0.2) is 13.4 Å². The molecule has 0 aromatic carbocycles. The average molecular weight is 286 g/mol.